The Labute approximate surface area is 158 Å². The maximum atomic E-state index is 12.3. The van der Waals surface area contributed by atoms with Gasteiger partial charge in [-0.15, -0.1) is 0 Å². The van der Waals surface area contributed by atoms with Gasteiger partial charge in [0, 0.05) is 13.0 Å². The summed E-state index contributed by atoms with van der Waals surface area (Å²) in [6, 6.07) is 9.93. The number of nitrogens with zero attached hydrogens (tertiary/aromatic N) is 1. The fraction of sp³-hybridized carbons (Fsp3) is 0.650. The van der Waals surface area contributed by atoms with E-state index in [9.17, 15) is 4.79 Å². The maximum Gasteiger partial charge on any atom is 0.265 e. The van der Waals surface area contributed by atoms with Gasteiger partial charge >= 0.3 is 0 Å². The smallest absolute Gasteiger partial charge is 0.265 e. The van der Waals surface area contributed by atoms with Gasteiger partial charge in [-0.1, -0.05) is 51.1 Å². The van der Waals surface area contributed by atoms with Gasteiger partial charge in [0.1, 0.15) is 6.10 Å². The molecule has 0 radical (unpaired) electrons. The van der Waals surface area contributed by atoms with E-state index in [0.717, 1.165) is 25.0 Å². The fourth-order valence-corrected chi connectivity index (χ4v) is 3.93. The lowest BCUT2D eigenvalue weighted by atomic mass is 10.1. The maximum absolute atomic E-state index is 12.3. The van der Waals surface area contributed by atoms with Crippen LogP contribution in [0.2, 0.25) is 18.1 Å². The zero-order valence-corrected chi connectivity index (χ0v) is 17.8. The molecule has 1 fully saturated rings. The van der Waals surface area contributed by atoms with Crippen molar-refractivity contribution >= 4 is 14.2 Å². The number of hydrogen-bond acceptors (Lipinski definition) is 4. The molecular formula is C20H34N2O3Si. The molecule has 0 saturated carbocycles. The molecule has 146 valence electrons. The van der Waals surface area contributed by atoms with Crippen molar-refractivity contribution in [2.24, 2.45) is 5.84 Å². The number of amides is 1. The van der Waals surface area contributed by atoms with Crippen LogP contribution in [0.4, 0.5) is 0 Å². The van der Waals surface area contributed by atoms with Crippen LogP contribution in [0.1, 0.15) is 45.6 Å². The molecule has 2 N–H and O–H groups in total. The number of benzene rings is 1. The number of carbonyl (C=O) groups excluding carboxylic acids is 1. The van der Waals surface area contributed by atoms with Crippen LogP contribution in [0, 0.1) is 0 Å². The quantitative estimate of drug-likeness (QED) is 0.323. The fourth-order valence-electron chi connectivity index (χ4n) is 2.84. The summed E-state index contributed by atoms with van der Waals surface area (Å²) in [7, 11) is -1.71. The molecule has 0 aromatic heterocycles. The molecule has 0 aliphatic carbocycles. The van der Waals surface area contributed by atoms with E-state index in [-0.39, 0.29) is 17.0 Å². The Bertz CT molecular complexity index is 586. The first-order valence-corrected chi connectivity index (χ1v) is 12.4. The Morgan fingerprint density at radius 3 is 2.50 bits per heavy atom. The van der Waals surface area contributed by atoms with Gasteiger partial charge in [0.15, 0.2) is 8.32 Å². The van der Waals surface area contributed by atoms with Gasteiger partial charge < -0.3 is 9.16 Å². The minimum atomic E-state index is -1.71. The van der Waals surface area contributed by atoms with Crippen LogP contribution in [-0.4, -0.2) is 38.0 Å². The van der Waals surface area contributed by atoms with E-state index in [1.165, 1.54) is 5.01 Å². The first-order chi connectivity index (χ1) is 12.1. The Morgan fingerprint density at radius 1 is 1.23 bits per heavy atom. The van der Waals surface area contributed by atoms with Gasteiger partial charge in [-0.2, -0.15) is 0 Å². The second kappa shape index (κ2) is 8.65. The van der Waals surface area contributed by atoms with E-state index in [4.69, 9.17) is 15.0 Å². The number of ether oxygens (including phenoxy) is 1. The molecule has 1 heterocycles. The molecular weight excluding hydrogens is 344 g/mol. The number of rotatable bonds is 8. The Balaban J connectivity index is 1.76. The molecule has 6 heteroatoms. The van der Waals surface area contributed by atoms with Crippen LogP contribution in [0.15, 0.2) is 30.3 Å². The first-order valence-electron chi connectivity index (χ1n) is 9.49. The Morgan fingerprint density at radius 2 is 1.88 bits per heavy atom. The standard InChI is InChI=1S/C20H34N2O3Si/c1-20(2,3)26(4,5)25-13-9-12-17-14-18(19(23)22(17)21)24-15-16-10-7-6-8-11-16/h6-8,10-11,17-18H,9,12-15,21H2,1-5H3. The third-order valence-corrected chi connectivity index (χ3v) is 10.2. The third-order valence-electron chi connectivity index (χ3n) is 5.65. The summed E-state index contributed by atoms with van der Waals surface area (Å²) in [5.41, 5.74) is 1.06. The largest absolute Gasteiger partial charge is 0.417 e. The van der Waals surface area contributed by atoms with Gasteiger partial charge in [-0.3, -0.25) is 9.80 Å². The molecule has 1 aromatic carbocycles. The van der Waals surface area contributed by atoms with E-state index in [1.54, 1.807) is 0 Å². The lowest BCUT2D eigenvalue weighted by molar-refractivity contribution is -0.139. The van der Waals surface area contributed by atoms with Crippen LogP contribution >= 0.6 is 0 Å². The van der Waals surface area contributed by atoms with Gasteiger partial charge in [-0.25, -0.2) is 5.84 Å². The summed E-state index contributed by atoms with van der Waals surface area (Å²) < 4.78 is 12.0. The normalized spacial score (nSPS) is 21.5. The van der Waals surface area contributed by atoms with E-state index in [0.29, 0.717) is 13.0 Å². The molecule has 1 aliphatic heterocycles. The van der Waals surface area contributed by atoms with Crippen molar-refractivity contribution in [3.05, 3.63) is 35.9 Å². The molecule has 1 amide bonds. The summed E-state index contributed by atoms with van der Waals surface area (Å²) in [6.07, 6.45) is 1.97. The molecule has 2 unspecified atom stereocenters. The van der Waals surface area contributed by atoms with Crippen molar-refractivity contribution in [2.75, 3.05) is 6.61 Å². The van der Waals surface area contributed by atoms with E-state index in [1.807, 2.05) is 30.3 Å². The highest BCUT2D eigenvalue weighted by molar-refractivity contribution is 6.74. The zero-order chi connectivity index (χ0) is 19.4. The molecule has 2 atom stereocenters. The van der Waals surface area contributed by atoms with Gasteiger partial charge in [-0.05, 0) is 36.5 Å². The Kier molecular flexibility index (Phi) is 7.02. The highest BCUT2D eigenvalue weighted by Crippen LogP contribution is 2.36. The van der Waals surface area contributed by atoms with Crippen molar-refractivity contribution in [2.45, 2.75) is 76.9 Å². The van der Waals surface area contributed by atoms with Crippen molar-refractivity contribution in [3.8, 4) is 0 Å². The van der Waals surface area contributed by atoms with E-state index < -0.39 is 14.4 Å². The molecule has 1 aromatic rings. The minimum absolute atomic E-state index is 0.0336. The molecule has 26 heavy (non-hydrogen) atoms. The average molecular weight is 379 g/mol. The van der Waals surface area contributed by atoms with Crippen LogP contribution < -0.4 is 5.84 Å². The molecule has 0 bridgehead atoms. The molecule has 2 rings (SSSR count). The van der Waals surface area contributed by atoms with Gasteiger partial charge in [0.25, 0.3) is 5.91 Å². The summed E-state index contributed by atoms with van der Waals surface area (Å²) in [5, 5.41) is 1.58. The van der Waals surface area contributed by atoms with Crippen molar-refractivity contribution in [3.63, 3.8) is 0 Å². The van der Waals surface area contributed by atoms with Crippen molar-refractivity contribution in [1.29, 1.82) is 0 Å². The highest BCUT2D eigenvalue weighted by atomic mass is 28.4. The molecule has 5 nitrogen and oxygen atoms in total. The van der Waals surface area contributed by atoms with Crippen LogP contribution in [0.25, 0.3) is 0 Å². The predicted molar refractivity (Wildman–Crippen MR) is 107 cm³/mol. The number of nitrogens with two attached hydrogens (primary N) is 1. The van der Waals surface area contributed by atoms with E-state index in [2.05, 4.69) is 33.9 Å². The average Bonchev–Trinajstić information content (AvgIpc) is 2.85. The second-order valence-corrected chi connectivity index (χ2v) is 13.5. The van der Waals surface area contributed by atoms with Gasteiger partial charge in [0.05, 0.1) is 12.6 Å². The lowest BCUT2D eigenvalue weighted by Crippen LogP contribution is -2.42. The topological polar surface area (TPSA) is 64.8 Å². The minimum Gasteiger partial charge on any atom is -0.417 e. The van der Waals surface area contributed by atoms with Crippen molar-refractivity contribution in [1.82, 2.24) is 5.01 Å². The summed E-state index contributed by atoms with van der Waals surface area (Å²) >= 11 is 0. The number of carbonyl (C=O) groups is 1. The molecule has 1 aliphatic rings. The van der Waals surface area contributed by atoms with Crippen LogP contribution in [0.3, 0.4) is 0 Å². The molecule has 0 spiro atoms. The number of hydrogen-bond donors (Lipinski definition) is 1. The second-order valence-electron chi connectivity index (χ2n) is 8.67. The predicted octanol–water partition coefficient (Wildman–Crippen LogP) is 3.85. The van der Waals surface area contributed by atoms with Crippen LogP contribution in [-0.2, 0) is 20.6 Å². The van der Waals surface area contributed by atoms with Gasteiger partial charge in [0.2, 0.25) is 0 Å². The first kappa shape index (κ1) is 21.1. The Hall–Kier alpha value is -1.21. The number of hydrazine groups is 1. The van der Waals surface area contributed by atoms with Crippen molar-refractivity contribution < 1.29 is 14.0 Å². The third kappa shape index (κ3) is 5.39. The lowest BCUT2D eigenvalue weighted by Gasteiger charge is -2.36. The summed E-state index contributed by atoms with van der Waals surface area (Å²) in [5.74, 6) is 5.88. The monoisotopic (exact) mass is 378 g/mol. The van der Waals surface area contributed by atoms with Crippen LogP contribution in [0.5, 0.6) is 0 Å². The van der Waals surface area contributed by atoms with E-state index >= 15 is 0 Å². The highest BCUT2D eigenvalue weighted by Gasteiger charge is 2.39. The summed E-state index contributed by atoms with van der Waals surface area (Å²) in [4.78, 5) is 12.3. The SMILES string of the molecule is CC(C)(C)[Si](C)(C)OCCCC1CC(OCc2ccccc2)C(=O)N1N. The zero-order valence-electron chi connectivity index (χ0n) is 16.8. The molecule has 1 saturated heterocycles. The summed E-state index contributed by atoms with van der Waals surface area (Å²) in [6.45, 7) is 12.4.